The van der Waals surface area contributed by atoms with E-state index in [4.69, 9.17) is 21.1 Å². The predicted molar refractivity (Wildman–Crippen MR) is 105 cm³/mol. The Kier molecular flexibility index (Phi) is 6.90. The summed E-state index contributed by atoms with van der Waals surface area (Å²) < 4.78 is 24.6. The van der Waals surface area contributed by atoms with E-state index in [0.29, 0.717) is 37.1 Å². The number of halogens is 2. The summed E-state index contributed by atoms with van der Waals surface area (Å²) in [5, 5.41) is 7.20. The van der Waals surface area contributed by atoms with Crippen LogP contribution in [-0.2, 0) is 24.3 Å². The Morgan fingerprint density at radius 3 is 2.81 bits per heavy atom. The first-order chi connectivity index (χ1) is 13.2. The maximum Gasteiger partial charge on any atom is 0.191 e. The molecule has 5 nitrogen and oxygen atoms in total. The SMILES string of the molecule is CCNC(=NCc1ccc(Cl)cc1)NCCc1cc(F)cc2c1OCOC2. The third-order valence-electron chi connectivity index (χ3n) is 4.12. The zero-order chi connectivity index (χ0) is 19.1. The number of fused-ring (bicyclic) bond motifs is 1. The largest absolute Gasteiger partial charge is 0.467 e. The number of benzene rings is 2. The Balaban J connectivity index is 1.60. The highest BCUT2D eigenvalue weighted by Crippen LogP contribution is 2.29. The molecule has 0 aromatic heterocycles. The molecule has 0 radical (unpaired) electrons. The zero-order valence-corrected chi connectivity index (χ0v) is 16.0. The zero-order valence-electron chi connectivity index (χ0n) is 15.2. The van der Waals surface area contributed by atoms with Crippen molar-refractivity contribution < 1.29 is 13.9 Å². The number of hydrogen-bond acceptors (Lipinski definition) is 3. The van der Waals surface area contributed by atoms with E-state index in [-0.39, 0.29) is 12.6 Å². The smallest absolute Gasteiger partial charge is 0.191 e. The molecule has 7 heteroatoms. The highest BCUT2D eigenvalue weighted by Gasteiger charge is 2.16. The van der Waals surface area contributed by atoms with Crippen LogP contribution in [0.2, 0.25) is 5.02 Å². The summed E-state index contributed by atoms with van der Waals surface area (Å²) in [4.78, 5) is 4.58. The summed E-state index contributed by atoms with van der Waals surface area (Å²) in [7, 11) is 0. The van der Waals surface area contributed by atoms with Gasteiger partial charge in [-0.2, -0.15) is 0 Å². The summed E-state index contributed by atoms with van der Waals surface area (Å²) in [5.74, 6) is 1.16. The number of hydrogen-bond donors (Lipinski definition) is 2. The lowest BCUT2D eigenvalue weighted by Gasteiger charge is -2.21. The van der Waals surface area contributed by atoms with Crippen molar-refractivity contribution in [2.75, 3.05) is 19.9 Å². The molecule has 0 atom stereocenters. The van der Waals surface area contributed by atoms with Crippen LogP contribution >= 0.6 is 11.6 Å². The quantitative estimate of drug-likeness (QED) is 0.583. The highest BCUT2D eigenvalue weighted by atomic mass is 35.5. The third-order valence-corrected chi connectivity index (χ3v) is 4.37. The van der Waals surface area contributed by atoms with Gasteiger partial charge in [0.05, 0.1) is 13.2 Å². The van der Waals surface area contributed by atoms with Crippen LogP contribution in [-0.4, -0.2) is 25.8 Å². The average Bonchev–Trinajstić information content (AvgIpc) is 2.67. The van der Waals surface area contributed by atoms with Gasteiger partial charge in [-0.15, -0.1) is 0 Å². The molecule has 0 saturated heterocycles. The fourth-order valence-corrected chi connectivity index (χ4v) is 2.99. The third kappa shape index (κ3) is 5.58. The molecular weight excluding hydrogens is 369 g/mol. The second-order valence-corrected chi connectivity index (χ2v) is 6.60. The number of guanidine groups is 1. The molecule has 2 aromatic rings. The van der Waals surface area contributed by atoms with Gasteiger partial charge in [0.15, 0.2) is 12.8 Å². The number of nitrogens with one attached hydrogen (secondary N) is 2. The lowest BCUT2D eigenvalue weighted by Crippen LogP contribution is -2.38. The van der Waals surface area contributed by atoms with E-state index in [2.05, 4.69) is 15.6 Å². The van der Waals surface area contributed by atoms with E-state index in [1.807, 2.05) is 31.2 Å². The molecule has 1 heterocycles. The summed E-state index contributed by atoms with van der Waals surface area (Å²) >= 11 is 5.91. The van der Waals surface area contributed by atoms with Gasteiger partial charge in [0, 0.05) is 23.7 Å². The molecule has 1 aliphatic rings. The monoisotopic (exact) mass is 391 g/mol. The van der Waals surface area contributed by atoms with Crippen LogP contribution in [0.1, 0.15) is 23.6 Å². The first kappa shape index (κ1) is 19.5. The highest BCUT2D eigenvalue weighted by molar-refractivity contribution is 6.30. The minimum atomic E-state index is -0.277. The second kappa shape index (κ2) is 9.58. The minimum Gasteiger partial charge on any atom is -0.467 e. The van der Waals surface area contributed by atoms with Gasteiger partial charge < -0.3 is 20.1 Å². The molecule has 0 bridgehead atoms. The topological polar surface area (TPSA) is 54.9 Å². The Morgan fingerprint density at radius 2 is 2.04 bits per heavy atom. The van der Waals surface area contributed by atoms with Crippen molar-refractivity contribution in [1.82, 2.24) is 10.6 Å². The first-order valence-corrected chi connectivity index (χ1v) is 9.32. The molecule has 2 aromatic carbocycles. The Hall–Kier alpha value is -2.31. The number of aliphatic imine (C=N–C) groups is 1. The molecule has 0 amide bonds. The molecule has 2 N–H and O–H groups in total. The van der Waals surface area contributed by atoms with E-state index in [0.717, 1.165) is 29.0 Å². The number of ether oxygens (including phenoxy) is 2. The van der Waals surface area contributed by atoms with Crippen molar-refractivity contribution >= 4 is 17.6 Å². The van der Waals surface area contributed by atoms with Crippen molar-refractivity contribution in [2.24, 2.45) is 4.99 Å². The van der Waals surface area contributed by atoms with E-state index in [1.54, 1.807) is 0 Å². The van der Waals surface area contributed by atoms with Crippen molar-refractivity contribution in [3.05, 3.63) is 63.9 Å². The summed E-state index contributed by atoms with van der Waals surface area (Å²) in [6.07, 6.45) is 0.617. The molecule has 27 heavy (non-hydrogen) atoms. The van der Waals surface area contributed by atoms with Crippen LogP contribution in [0.25, 0.3) is 0 Å². The molecule has 0 saturated carbocycles. The van der Waals surface area contributed by atoms with Gasteiger partial charge in [-0.25, -0.2) is 9.38 Å². The van der Waals surface area contributed by atoms with E-state index >= 15 is 0 Å². The molecule has 144 valence electrons. The van der Waals surface area contributed by atoms with Gasteiger partial charge in [0.2, 0.25) is 0 Å². The van der Waals surface area contributed by atoms with Gasteiger partial charge in [-0.1, -0.05) is 23.7 Å². The van der Waals surface area contributed by atoms with Crippen molar-refractivity contribution in [3.63, 3.8) is 0 Å². The molecule has 0 spiro atoms. The summed E-state index contributed by atoms with van der Waals surface area (Å²) in [6.45, 7) is 4.48. The van der Waals surface area contributed by atoms with Gasteiger partial charge >= 0.3 is 0 Å². The second-order valence-electron chi connectivity index (χ2n) is 6.16. The minimum absolute atomic E-state index is 0.199. The molecule has 0 aliphatic carbocycles. The van der Waals surface area contributed by atoms with E-state index in [9.17, 15) is 4.39 Å². The normalized spacial score (nSPS) is 13.7. The van der Waals surface area contributed by atoms with Crippen molar-refractivity contribution in [1.29, 1.82) is 0 Å². The standard InChI is InChI=1S/C20H23ClFN3O2/c1-2-23-20(25-11-14-3-5-17(21)6-4-14)24-8-7-15-9-18(22)10-16-12-26-13-27-19(15)16/h3-6,9-10H,2,7-8,11-13H2,1H3,(H2,23,24,25). The molecule has 3 rings (SSSR count). The number of nitrogens with zero attached hydrogens (tertiary/aromatic N) is 1. The first-order valence-electron chi connectivity index (χ1n) is 8.94. The van der Waals surface area contributed by atoms with Crippen LogP contribution < -0.4 is 15.4 Å². The lowest BCUT2D eigenvalue weighted by molar-refractivity contribution is -0.0172. The fourth-order valence-electron chi connectivity index (χ4n) is 2.86. The van der Waals surface area contributed by atoms with Crippen LogP contribution in [0.3, 0.4) is 0 Å². The Bertz CT molecular complexity index is 797. The van der Waals surface area contributed by atoms with E-state index < -0.39 is 0 Å². The van der Waals surface area contributed by atoms with Crippen LogP contribution in [0.15, 0.2) is 41.4 Å². The van der Waals surface area contributed by atoms with Crippen molar-refractivity contribution in [2.45, 2.75) is 26.5 Å². The maximum atomic E-state index is 13.8. The van der Waals surface area contributed by atoms with Gasteiger partial charge in [-0.3, -0.25) is 0 Å². The predicted octanol–water partition coefficient (Wildman–Crippen LogP) is 3.64. The van der Waals surface area contributed by atoms with E-state index in [1.165, 1.54) is 12.1 Å². The average molecular weight is 392 g/mol. The van der Waals surface area contributed by atoms with Gasteiger partial charge in [0.1, 0.15) is 11.6 Å². The molecule has 0 fully saturated rings. The van der Waals surface area contributed by atoms with Gasteiger partial charge in [0.25, 0.3) is 0 Å². The Labute approximate surface area is 163 Å². The maximum absolute atomic E-state index is 13.8. The molecule has 0 unspecified atom stereocenters. The number of rotatable bonds is 6. The van der Waals surface area contributed by atoms with Crippen LogP contribution in [0, 0.1) is 5.82 Å². The van der Waals surface area contributed by atoms with Crippen molar-refractivity contribution in [3.8, 4) is 5.75 Å². The lowest BCUT2D eigenvalue weighted by atomic mass is 10.1. The molecule has 1 aliphatic heterocycles. The summed E-state index contributed by atoms with van der Waals surface area (Å²) in [5.41, 5.74) is 2.65. The van der Waals surface area contributed by atoms with Crippen LogP contribution in [0.5, 0.6) is 5.75 Å². The summed E-state index contributed by atoms with van der Waals surface area (Å²) in [6, 6.07) is 10.6. The molecular formula is C20H23ClFN3O2. The Morgan fingerprint density at radius 1 is 1.22 bits per heavy atom. The van der Waals surface area contributed by atoms with Gasteiger partial charge in [-0.05, 0) is 48.7 Å². The van der Waals surface area contributed by atoms with Crippen LogP contribution in [0.4, 0.5) is 4.39 Å². The fraction of sp³-hybridized carbons (Fsp3) is 0.350.